The van der Waals surface area contributed by atoms with Crippen molar-refractivity contribution in [3.8, 4) is 23.1 Å². The lowest BCUT2D eigenvalue weighted by molar-refractivity contribution is 0.0784. The van der Waals surface area contributed by atoms with Crippen molar-refractivity contribution < 1.29 is 13.9 Å². The first-order chi connectivity index (χ1) is 15.5. The van der Waals surface area contributed by atoms with Crippen LogP contribution < -0.4 is 4.74 Å². The minimum absolute atomic E-state index is 0.178. The van der Waals surface area contributed by atoms with Gasteiger partial charge in [-0.15, -0.1) is 0 Å². The van der Waals surface area contributed by atoms with Crippen molar-refractivity contribution in [1.29, 1.82) is 5.26 Å². The van der Waals surface area contributed by atoms with E-state index in [4.69, 9.17) is 10.00 Å². The van der Waals surface area contributed by atoms with Crippen LogP contribution in [0, 0.1) is 17.1 Å². The maximum atomic E-state index is 13.9. The van der Waals surface area contributed by atoms with Crippen LogP contribution in [0.3, 0.4) is 0 Å². The Hall–Kier alpha value is -4.25. The van der Waals surface area contributed by atoms with E-state index < -0.39 is 5.82 Å². The number of aromatic amines is 1. The Morgan fingerprint density at radius 2 is 2.09 bits per heavy atom. The Labute approximate surface area is 184 Å². The minimum atomic E-state index is -0.545. The summed E-state index contributed by atoms with van der Waals surface area (Å²) in [6.07, 6.45) is 3.17. The molecule has 1 N–H and O–H groups in total. The lowest BCUT2D eigenvalue weighted by Crippen LogP contribution is -2.26. The molecule has 2 aromatic heterocycles. The highest BCUT2D eigenvalue weighted by molar-refractivity contribution is 5.95. The number of nitrogens with zero attached hydrogens (tertiary/aromatic N) is 4. The van der Waals surface area contributed by atoms with Crippen LogP contribution in [0.15, 0.2) is 54.9 Å². The van der Waals surface area contributed by atoms with E-state index in [0.717, 1.165) is 22.5 Å². The molecule has 2 heterocycles. The van der Waals surface area contributed by atoms with Crippen molar-refractivity contribution in [2.24, 2.45) is 0 Å². The van der Waals surface area contributed by atoms with Gasteiger partial charge in [0, 0.05) is 30.7 Å². The Kier molecular flexibility index (Phi) is 5.81. The summed E-state index contributed by atoms with van der Waals surface area (Å²) in [7, 11) is 1.71. The van der Waals surface area contributed by atoms with E-state index in [0.29, 0.717) is 35.7 Å². The molecule has 0 spiro atoms. The number of nitriles is 1. The van der Waals surface area contributed by atoms with Gasteiger partial charge in [-0.05, 0) is 36.8 Å². The number of carbonyl (C=O) groups excluding carboxylic acids is 1. The molecule has 0 saturated carbocycles. The molecule has 8 heteroatoms. The first kappa shape index (κ1) is 21.0. The molecule has 0 aliphatic carbocycles. The van der Waals surface area contributed by atoms with Crippen molar-refractivity contribution in [1.82, 2.24) is 20.1 Å². The fraction of sp³-hybridized carbons (Fsp3) is 0.167. The molecule has 7 nitrogen and oxygen atoms in total. The van der Waals surface area contributed by atoms with Crippen LogP contribution >= 0.6 is 0 Å². The Balaban J connectivity index is 1.64. The van der Waals surface area contributed by atoms with E-state index in [1.54, 1.807) is 24.2 Å². The Bertz CT molecular complexity index is 1340. The van der Waals surface area contributed by atoms with Gasteiger partial charge in [-0.2, -0.15) is 10.4 Å². The highest BCUT2D eigenvalue weighted by Crippen LogP contribution is 2.30. The average Bonchev–Trinajstić information content (AvgIpc) is 3.28. The number of carbonyl (C=O) groups is 1. The lowest BCUT2D eigenvalue weighted by Gasteiger charge is -2.19. The van der Waals surface area contributed by atoms with E-state index in [1.165, 1.54) is 18.3 Å². The standard InChI is InChI=1S/C24H20FN5O2/c1-3-32-21-10-19(12-27-23(21)18-7-15(11-26)8-20(25)9-18)24(31)30(2)14-17-6-4-5-16-13-28-29-22(16)17/h4-10,12-13H,3,14H2,1-2H3,(H,28,29). The molecule has 0 aliphatic heterocycles. The fourth-order valence-corrected chi connectivity index (χ4v) is 3.54. The van der Waals surface area contributed by atoms with Gasteiger partial charge in [0.25, 0.3) is 5.91 Å². The molecule has 0 aliphatic rings. The van der Waals surface area contributed by atoms with Crippen molar-refractivity contribution in [3.63, 3.8) is 0 Å². The number of hydrogen-bond acceptors (Lipinski definition) is 5. The molecule has 0 atom stereocenters. The number of aromatic nitrogens is 3. The van der Waals surface area contributed by atoms with Gasteiger partial charge in [-0.1, -0.05) is 18.2 Å². The third-order valence-electron chi connectivity index (χ3n) is 5.02. The monoisotopic (exact) mass is 429 g/mol. The molecule has 160 valence electrons. The van der Waals surface area contributed by atoms with Crippen LogP contribution in [0.25, 0.3) is 22.2 Å². The predicted octanol–water partition coefficient (Wildman–Crippen LogP) is 4.31. The van der Waals surface area contributed by atoms with Gasteiger partial charge in [0.05, 0.1) is 35.5 Å². The summed E-state index contributed by atoms with van der Waals surface area (Å²) < 4.78 is 19.6. The van der Waals surface area contributed by atoms with Gasteiger partial charge in [0.2, 0.25) is 0 Å². The van der Waals surface area contributed by atoms with Gasteiger partial charge >= 0.3 is 0 Å². The van der Waals surface area contributed by atoms with Crippen molar-refractivity contribution in [3.05, 3.63) is 77.4 Å². The smallest absolute Gasteiger partial charge is 0.255 e. The molecule has 0 bridgehead atoms. The van der Waals surface area contributed by atoms with Crippen molar-refractivity contribution in [2.45, 2.75) is 13.5 Å². The summed E-state index contributed by atoms with van der Waals surface area (Å²) in [4.78, 5) is 19.0. The van der Waals surface area contributed by atoms with E-state index in [9.17, 15) is 9.18 Å². The molecule has 0 fully saturated rings. The van der Waals surface area contributed by atoms with Crippen LogP contribution in [0.2, 0.25) is 0 Å². The number of nitrogens with one attached hydrogen (secondary N) is 1. The Morgan fingerprint density at radius 3 is 2.88 bits per heavy atom. The number of hydrogen-bond donors (Lipinski definition) is 1. The number of H-pyrrole nitrogens is 1. The van der Waals surface area contributed by atoms with E-state index in [1.807, 2.05) is 31.2 Å². The summed E-state index contributed by atoms with van der Waals surface area (Å²) in [6, 6.07) is 13.3. The Morgan fingerprint density at radius 1 is 1.25 bits per heavy atom. The lowest BCUT2D eigenvalue weighted by atomic mass is 10.1. The molecule has 0 radical (unpaired) electrons. The summed E-state index contributed by atoms with van der Waals surface area (Å²) in [6.45, 7) is 2.52. The van der Waals surface area contributed by atoms with Crippen LogP contribution in [0.5, 0.6) is 5.75 Å². The second-order valence-corrected chi connectivity index (χ2v) is 7.26. The van der Waals surface area contributed by atoms with Gasteiger partial charge in [-0.3, -0.25) is 14.9 Å². The van der Waals surface area contributed by atoms with Crippen LogP contribution in [-0.4, -0.2) is 39.6 Å². The number of para-hydroxylation sites is 1. The highest BCUT2D eigenvalue weighted by atomic mass is 19.1. The topological polar surface area (TPSA) is 94.9 Å². The zero-order valence-electron chi connectivity index (χ0n) is 17.6. The third kappa shape index (κ3) is 4.14. The second kappa shape index (κ2) is 8.86. The molecule has 1 amide bonds. The normalized spacial score (nSPS) is 10.7. The van der Waals surface area contributed by atoms with Gasteiger partial charge in [0.15, 0.2) is 0 Å². The van der Waals surface area contributed by atoms with Crippen LogP contribution in [0.1, 0.15) is 28.4 Å². The average molecular weight is 429 g/mol. The molecule has 0 saturated heterocycles. The summed E-state index contributed by atoms with van der Waals surface area (Å²) in [5, 5.41) is 17.1. The number of halogens is 1. The minimum Gasteiger partial charge on any atom is -0.492 e. The number of amides is 1. The van der Waals surface area contributed by atoms with E-state index in [-0.39, 0.29) is 11.5 Å². The second-order valence-electron chi connectivity index (χ2n) is 7.26. The highest BCUT2D eigenvalue weighted by Gasteiger charge is 2.18. The quantitative estimate of drug-likeness (QED) is 0.493. The zero-order chi connectivity index (χ0) is 22.7. The van der Waals surface area contributed by atoms with Crippen molar-refractivity contribution in [2.75, 3.05) is 13.7 Å². The first-order valence-corrected chi connectivity index (χ1v) is 10.0. The maximum Gasteiger partial charge on any atom is 0.255 e. The van der Waals surface area contributed by atoms with Crippen LogP contribution in [-0.2, 0) is 6.54 Å². The first-order valence-electron chi connectivity index (χ1n) is 10.0. The van der Waals surface area contributed by atoms with E-state index >= 15 is 0 Å². The van der Waals surface area contributed by atoms with Gasteiger partial charge < -0.3 is 9.64 Å². The maximum absolute atomic E-state index is 13.9. The van der Waals surface area contributed by atoms with Gasteiger partial charge in [-0.25, -0.2) is 4.39 Å². The van der Waals surface area contributed by atoms with E-state index in [2.05, 4.69) is 15.2 Å². The summed E-state index contributed by atoms with van der Waals surface area (Å²) in [5.41, 5.74) is 3.11. The summed E-state index contributed by atoms with van der Waals surface area (Å²) >= 11 is 0. The third-order valence-corrected chi connectivity index (χ3v) is 5.02. The SMILES string of the molecule is CCOc1cc(C(=O)N(C)Cc2cccc3cn[nH]c23)cnc1-c1cc(F)cc(C#N)c1. The largest absolute Gasteiger partial charge is 0.492 e. The molecule has 4 rings (SSSR count). The number of ether oxygens (including phenoxy) is 1. The zero-order valence-corrected chi connectivity index (χ0v) is 17.6. The van der Waals surface area contributed by atoms with Crippen molar-refractivity contribution >= 4 is 16.8 Å². The molecular formula is C24H20FN5O2. The van der Waals surface area contributed by atoms with Gasteiger partial charge in [0.1, 0.15) is 17.3 Å². The molecule has 0 unspecified atom stereocenters. The number of benzene rings is 2. The molecular weight excluding hydrogens is 409 g/mol. The molecule has 32 heavy (non-hydrogen) atoms. The summed E-state index contributed by atoms with van der Waals surface area (Å²) in [5.74, 6) is -0.438. The van der Waals surface area contributed by atoms with Crippen LogP contribution in [0.4, 0.5) is 4.39 Å². The number of fused-ring (bicyclic) bond motifs is 1. The number of rotatable bonds is 6. The molecule has 2 aromatic carbocycles. The predicted molar refractivity (Wildman–Crippen MR) is 117 cm³/mol. The number of pyridine rings is 1. The molecule has 4 aromatic rings. The fourth-order valence-electron chi connectivity index (χ4n) is 3.54.